The molecule has 2 rings (SSSR count). The van der Waals surface area contributed by atoms with Crippen molar-refractivity contribution in [1.29, 1.82) is 0 Å². The number of nitrogen functional groups attached to an aromatic ring is 1. The molecule has 102 valence electrons. The number of hydrogen-bond acceptors (Lipinski definition) is 4. The minimum absolute atomic E-state index is 0.344. The largest absolute Gasteiger partial charge is 0.396 e. The van der Waals surface area contributed by atoms with E-state index in [-0.39, 0.29) is 0 Å². The number of halogens is 1. The molecule has 2 heterocycles. The summed E-state index contributed by atoms with van der Waals surface area (Å²) >= 11 is 3.49. The van der Waals surface area contributed by atoms with Crippen LogP contribution in [0.4, 0.5) is 5.69 Å². The van der Waals surface area contributed by atoms with Crippen LogP contribution in [0.3, 0.4) is 0 Å². The van der Waals surface area contributed by atoms with Gasteiger partial charge in [-0.25, -0.2) is 4.98 Å². The van der Waals surface area contributed by atoms with Crippen LogP contribution in [0.15, 0.2) is 27.8 Å². The van der Waals surface area contributed by atoms with E-state index in [0.717, 1.165) is 22.4 Å². The fourth-order valence-electron chi connectivity index (χ4n) is 1.79. The highest BCUT2D eigenvalue weighted by atomic mass is 79.9. The zero-order valence-electron chi connectivity index (χ0n) is 10.8. The molecule has 0 fully saturated rings. The van der Waals surface area contributed by atoms with Crippen molar-refractivity contribution >= 4 is 32.4 Å². The van der Waals surface area contributed by atoms with Gasteiger partial charge in [-0.15, -0.1) is 0 Å². The second-order valence-corrected chi connectivity index (χ2v) is 6.21. The first-order valence-electron chi connectivity index (χ1n) is 5.85. The molecule has 0 aliphatic rings. The Bertz CT molecular complexity index is 626. The molecule has 2 aromatic rings. The Morgan fingerprint density at radius 3 is 2.89 bits per heavy atom. The second kappa shape index (κ2) is 5.83. The summed E-state index contributed by atoms with van der Waals surface area (Å²) in [5.74, 6) is 0.344. The molecule has 2 N–H and O–H groups in total. The third kappa shape index (κ3) is 2.87. The summed E-state index contributed by atoms with van der Waals surface area (Å²) in [5, 5.41) is 4.81. The van der Waals surface area contributed by atoms with Crippen LogP contribution in [0.1, 0.15) is 18.3 Å². The molecule has 19 heavy (non-hydrogen) atoms. The average molecular weight is 343 g/mol. The van der Waals surface area contributed by atoms with Crippen molar-refractivity contribution in [1.82, 2.24) is 14.8 Å². The molecule has 0 amide bonds. The zero-order valence-corrected chi connectivity index (χ0v) is 13.2. The number of aryl methyl sites for hydroxylation is 2. The van der Waals surface area contributed by atoms with Crippen LogP contribution in [-0.2, 0) is 23.1 Å². The van der Waals surface area contributed by atoms with E-state index in [1.807, 2.05) is 18.5 Å². The van der Waals surface area contributed by atoms with Crippen LogP contribution in [0.2, 0.25) is 0 Å². The van der Waals surface area contributed by atoms with Crippen LogP contribution < -0.4 is 5.73 Å². The number of pyridine rings is 1. The van der Waals surface area contributed by atoms with Gasteiger partial charge in [0.2, 0.25) is 0 Å². The third-order valence-corrected chi connectivity index (χ3v) is 5.08. The van der Waals surface area contributed by atoms with E-state index < -0.39 is 10.8 Å². The number of hydrogen-bond donors (Lipinski definition) is 1. The number of rotatable bonds is 4. The zero-order chi connectivity index (χ0) is 14.0. The molecule has 0 saturated carbocycles. The van der Waals surface area contributed by atoms with Gasteiger partial charge in [0, 0.05) is 12.7 Å². The van der Waals surface area contributed by atoms with Crippen LogP contribution in [0.25, 0.3) is 0 Å². The van der Waals surface area contributed by atoms with Gasteiger partial charge in [-0.1, -0.05) is 0 Å². The van der Waals surface area contributed by atoms with E-state index >= 15 is 0 Å². The van der Waals surface area contributed by atoms with Gasteiger partial charge in [0.05, 0.1) is 38.1 Å². The fourth-order valence-corrected chi connectivity index (χ4v) is 3.59. The normalized spacial score (nSPS) is 12.6. The van der Waals surface area contributed by atoms with Gasteiger partial charge in [0.15, 0.2) is 0 Å². The minimum atomic E-state index is -1.28. The van der Waals surface area contributed by atoms with E-state index in [0.29, 0.717) is 16.5 Å². The van der Waals surface area contributed by atoms with Gasteiger partial charge in [-0.2, -0.15) is 5.10 Å². The van der Waals surface area contributed by atoms with Crippen LogP contribution in [-0.4, -0.2) is 19.0 Å². The minimum Gasteiger partial charge on any atom is -0.396 e. The van der Waals surface area contributed by atoms with E-state index in [1.54, 1.807) is 18.3 Å². The van der Waals surface area contributed by atoms with Gasteiger partial charge in [-0.3, -0.25) is 8.89 Å². The maximum Gasteiger partial charge on any atom is 0.150 e. The Hall–Kier alpha value is -1.21. The molecular formula is C12H15BrN4OS. The summed E-state index contributed by atoms with van der Waals surface area (Å²) < 4.78 is 15.1. The lowest BCUT2D eigenvalue weighted by Crippen LogP contribution is -2.08. The maximum absolute atomic E-state index is 12.4. The Balaban J connectivity index is 2.32. The Morgan fingerprint density at radius 1 is 1.53 bits per heavy atom. The van der Waals surface area contributed by atoms with Crippen molar-refractivity contribution in [2.24, 2.45) is 0 Å². The van der Waals surface area contributed by atoms with Gasteiger partial charge in [0.25, 0.3) is 0 Å². The monoisotopic (exact) mass is 342 g/mol. The van der Waals surface area contributed by atoms with Gasteiger partial charge < -0.3 is 5.73 Å². The SMILES string of the molecule is CCn1nc(C)c(Br)c1CS(=O)c1ncccc1N. The van der Waals surface area contributed by atoms with Crippen molar-refractivity contribution in [2.45, 2.75) is 31.2 Å². The fraction of sp³-hybridized carbons (Fsp3) is 0.333. The van der Waals surface area contributed by atoms with Crippen LogP contribution in [0, 0.1) is 6.92 Å². The number of anilines is 1. The average Bonchev–Trinajstić information content (AvgIpc) is 2.67. The van der Waals surface area contributed by atoms with Crippen LogP contribution in [0.5, 0.6) is 0 Å². The van der Waals surface area contributed by atoms with Crippen molar-refractivity contribution in [3.8, 4) is 0 Å². The summed E-state index contributed by atoms with van der Waals surface area (Å²) in [6.45, 7) is 4.65. The molecule has 7 heteroatoms. The number of nitrogens with zero attached hydrogens (tertiary/aromatic N) is 3. The second-order valence-electron chi connectivity index (χ2n) is 4.05. The van der Waals surface area contributed by atoms with E-state index in [2.05, 4.69) is 26.0 Å². The van der Waals surface area contributed by atoms with Crippen molar-refractivity contribution in [2.75, 3.05) is 5.73 Å². The van der Waals surface area contributed by atoms with Crippen molar-refractivity contribution < 1.29 is 4.21 Å². The highest BCUT2D eigenvalue weighted by Gasteiger charge is 2.17. The molecule has 0 bridgehead atoms. The van der Waals surface area contributed by atoms with Crippen molar-refractivity contribution in [3.63, 3.8) is 0 Å². The molecule has 5 nitrogen and oxygen atoms in total. The smallest absolute Gasteiger partial charge is 0.150 e. The first-order valence-corrected chi connectivity index (χ1v) is 7.96. The first kappa shape index (κ1) is 14.2. The Labute approximate surface area is 122 Å². The van der Waals surface area contributed by atoms with E-state index in [9.17, 15) is 4.21 Å². The van der Waals surface area contributed by atoms with Crippen LogP contribution >= 0.6 is 15.9 Å². The molecule has 2 aromatic heterocycles. The summed E-state index contributed by atoms with van der Waals surface area (Å²) in [4.78, 5) is 4.10. The topological polar surface area (TPSA) is 73.8 Å². The predicted octanol–water partition coefficient (Wildman–Crippen LogP) is 2.26. The van der Waals surface area contributed by atoms with Gasteiger partial charge in [-0.05, 0) is 41.9 Å². The summed E-state index contributed by atoms with van der Waals surface area (Å²) in [6, 6.07) is 3.43. The highest BCUT2D eigenvalue weighted by molar-refractivity contribution is 9.10. The summed E-state index contributed by atoms with van der Waals surface area (Å²) in [7, 11) is -1.28. The van der Waals surface area contributed by atoms with Gasteiger partial charge in [0.1, 0.15) is 5.03 Å². The quantitative estimate of drug-likeness (QED) is 0.924. The lowest BCUT2D eigenvalue weighted by atomic mass is 10.4. The number of nitrogens with two attached hydrogens (primary N) is 1. The molecular weight excluding hydrogens is 328 g/mol. The molecule has 0 saturated heterocycles. The summed E-state index contributed by atoms with van der Waals surface area (Å²) in [5.41, 5.74) is 8.05. The molecule has 0 aliphatic carbocycles. The van der Waals surface area contributed by atoms with E-state index in [4.69, 9.17) is 5.73 Å². The molecule has 0 spiro atoms. The van der Waals surface area contributed by atoms with E-state index in [1.165, 1.54) is 0 Å². The Morgan fingerprint density at radius 2 is 2.26 bits per heavy atom. The lowest BCUT2D eigenvalue weighted by Gasteiger charge is -2.07. The summed E-state index contributed by atoms with van der Waals surface area (Å²) in [6.07, 6.45) is 1.60. The lowest BCUT2D eigenvalue weighted by molar-refractivity contribution is 0.626. The maximum atomic E-state index is 12.4. The Kier molecular flexibility index (Phi) is 4.36. The highest BCUT2D eigenvalue weighted by Crippen LogP contribution is 2.24. The first-order chi connectivity index (χ1) is 9.04. The molecule has 1 unspecified atom stereocenters. The molecule has 0 aliphatic heterocycles. The standard InChI is InChI=1S/C12H15BrN4OS/c1-3-17-10(11(13)8(2)16-17)7-19(18)12-9(14)5-4-6-15-12/h4-6H,3,7,14H2,1-2H3. The van der Waals surface area contributed by atoms with Crippen molar-refractivity contribution in [3.05, 3.63) is 34.2 Å². The number of aromatic nitrogens is 3. The molecule has 0 radical (unpaired) electrons. The molecule has 0 aromatic carbocycles. The third-order valence-electron chi connectivity index (χ3n) is 2.74. The molecule has 1 atom stereocenters. The predicted molar refractivity (Wildman–Crippen MR) is 79.1 cm³/mol. The van der Waals surface area contributed by atoms with Gasteiger partial charge >= 0.3 is 0 Å².